The van der Waals surface area contributed by atoms with Crippen LogP contribution in [0.2, 0.25) is 0 Å². The number of nitrogens with one attached hydrogen (secondary N) is 2. The van der Waals surface area contributed by atoms with Crippen LogP contribution >= 0.6 is 11.9 Å². The number of aryl methyl sites for hydroxylation is 1. The first-order valence-corrected chi connectivity index (χ1v) is 11.2. The monoisotopic (exact) mass is 408 g/mol. The van der Waals surface area contributed by atoms with Crippen LogP contribution in [-0.2, 0) is 11.2 Å². The molecule has 0 saturated carbocycles. The van der Waals surface area contributed by atoms with E-state index >= 15 is 0 Å². The van der Waals surface area contributed by atoms with Gasteiger partial charge in [-0.2, -0.15) is 0 Å². The number of piperidine rings is 1. The first kappa shape index (κ1) is 20.0. The fraction of sp³-hybridized carbons (Fsp3) is 0.391. The molecule has 1 aliphatic rings. The van der Waals surface area contributed by atoms with Gasteiger partial charge in [-0.1, -0.05) is 19.1 Å². The summed E-state index contributed by atoms with van der Waals surface area (Å²) >= 11 is 1.56. The number of fused-ring (bicyclic) bond motifs is 1. The number of hydrogen-bond acceptors (Lipinski definition) is 4. The zero-order valence-electron chi connectivity index (χ0n) is 16.8. The maximum atomic E-state index is 13.3. The summed E-state index contributed by atoms with van der Waals surface area (Å²) in [4.78, 5) is 23.9. The lowest BCUT2D eigenvalue weighted by Crippen LogP contribution is -2.47. The van der Waals surface area contributed by atoms with Crippen LogP contribution in [0.15, 0.2) is 59.9 Å². The van der Waals surface area contributed by atoms with Crippen molar-refractivity contribution in [2.75, 3.05) is 13.1 Å². The lowest BCUT2D eigenvalue weighted by Gasteiger charge is -2.33. The smallest absolute Gasteiger partial charge is 0.240 e. The number of hydrogen-bond donors (Lipinski definition) is 2. The molecule has 3 aromatic rings. The standard InChI is InChI=1S/C23H28N4OS/c1-17-10-14-27(15-11-17)23(28)21(8-7-18-4-3-12-24-16-18)26-29-22-6-2-5-20-19(22)9-13-25-20/h2-6,9,12-13,16-17,21,25-26H,7-8,10-11,14-15H2,1H3. The summed E-state index contributed by atoms with van der Waals surface area (Å²) in [5, 5.41) is 1.18. The number of pyridine rings is 1. The Morgan fingerprint density at radius 1 is 1.28 bits per heavy atom. The number of aromatic nitrogens is 2. The van der Waals surface area contributed by atoms with Crippen molar-refractivity contribution in [3.63, 3.8) is 0 Å². The normalized spacial score (nSPS) is 16.2. The predicted octanol–water partition coefficient (Wildman–Crippen LogP) is 4.42. The Kier molecular flexibility index (Phi) is 6.52. The molecule has 3 heterocycles. The quantitative estimate of drug-likeness (QED) is 0.568. The summed E-state index contributed by atoms with van der Waals surface area (Å²) < 4.78 is 3.49. The van der Waals surface area contributed by atoms with E-state index in [0.29, 0.717) is 5.92 Å². The van der Waals surface area contributed by atoms with Crippen molar-refractivity contribution in [3.05, 3.63) is 60.6 Å². The molecule has 1 aromatic carbocycles. The first-order chi connectivity index (χ1) is 14.2. The minimum atomic E-state index is -0.220. The Morgan fingerprint density at radius 2 is 2.14 bits per heavy atom. The van der Waals surface area contributed by atoms with Crippen molar-refractivity contribution in [2.24, 2.45) is 5.92 Å². The second-order valence-corrected chi connectivity index (χ2v) is 8.75. The van der Waals surface area contributed by atoms with Crippen LogP contribution in [0.4, 0.5) is 0 Å². The molecule has 1 unspecified atom stereocenters. The van der Waals surface area contributed by atoms with Crippen molar-refractivity contribution in [1.82, 2.24) is 19.6 Å². The highest BCUT2D eigenvalue weighted by molar-refractivity contribution is 7.97. The van der Waals surface area contributed by atoms with Crippen molar-refractivity contribution >= 4 is 28.8 Å². The number of amides is 1. The number of carbonyl (C=O) groups is 1. The van der Waals surface area contributed by atoms with Crippen LogP contribution < -0.4 is 4.72 Å². The average molecular weight is 409 g/mol. The van der Waals surface area contributed by atoms with E-state index < -0.39 is 0 Å². The first-order valence-electron chi connectivity index (χ1n) is 10.4. The van der Waals surface area contributed by atoms with Crippen LogP contribution in [0.5, 0.6) is 0 Å². The third-order valence-electron chi connectivity index (χ3n) is 5.70. The number of benzene rings is 1. The van der Waals surface area contributed by atoms with Crippen LogP contribution in [0.3, 0.4) is 0 Å². The molecule has 4 rings (SSSR count). The SMILES string of the molecule is CC1CCN(C(=O)C(CCc2cccnc2)NSc2cccc3[nH]ccc23)CC1. The van der Waals surface area contributed by atoms with Gasteiger partial charge in [0.2, 0.25) is 5.91 Å². The van der Waals surface area contributed by atoms with Crippen LogP contribution in [0.1, 0.15) is 31.7 Å². The van der Waals surface area contributed by atoms with Gasteiger partial charge in [-0.05, 0) is 73.4 Å². The maximum Gasteiger partial charge on any atom is 0.240 e. The van der Waals surface area contributed by atoms with E-state index in [0.717, 1.165) is 54.7 Å². The van der Waals surface area contributed by atoms with Crippen LogP contribution in [0, 0.1) is 5.92 Å². The molecule has 1 amide bonds. The Labute approximate surface area is 176 Å². The molecule has 29 heavy (non-hydrogen) atoms. The van der Waals surface area contributed by atoms with Crippen LogP contribution in [-0.4, -0.2) is 39.9 Å². The molecule has 152 valence electrons. The van der Waals surface area contributed by atoms with Crippen molar-refractivity contribution in [1.29, 1.82) is 0 Å². The molecule has 1 atom stereocenters. The number of aromatic amines is 1. The lowest BCUT2D eigenvalue weighted by molar-refractivity contribution is -0.134. The molecule has 0 spiro atoms. The summed E-state index contributed by atoms with van der Waals surface area (Å²) in [7, 11) is 0. The van der Waals surface area contributed by atoms with E-state index in [1.807, 2.05) is 29.4 Å². The van der Waals surface area contributed by atoms with Gasteiger partial charge in [-0.3, -0.25) is 9.78 Å². The fourth-order valence-electron chi connectivity index (χ4n) is 3.82. The third-order valence-corrected chi connectivity index (χ3v) is 6.68. The van der Waals surface area contributed by atoms with Gasteiger partial charge in [0.15, 0.2) is 0 Å². The number of nitrogens with zero attached hydrogens (tertiary/aromatic N) is 2. The van der Waals surface area contributed by atoms with Gasteiger partial charge in [-0.25, -0.2) is 4.72 Å². The lowest BCUT2D eigenvalue weighted by atomic mass is 9.98. The van der Waals surface area contributed by atoms with Gasteiger partial charge in [0.05, 0.1) is 6.04 Å². The molecule has 1 saturated heterocycles. The van der Waals surface area contributed by atoms with Crippen molar-refractivity contribution < 1.29 is 4.79 Å². The van der Waals surface area contributed by atoms with E-state index in [2.05, 4.69) is 45.9 Å². The highest BCUT2D eigenvalue weighted by atomic mass is 32.2. The summed E-state index contributed by atoms with van der Waals surface area (Å²) in [6, 6.07) is 12.1. The van der Waals surface area contributed by atoms with Crippen molar-refractivity contribution in [2.45, 2.75) is 43.5 Å². The zero-order valence-corrected chi connectivity index (χ0v) is 17.6. The zero-order chi connectivity index (χ0) is 20.1. The second kappa shape index (κ2) is 9.46. The van der Waals surface area contributed by atoms with Gasteiger partial charge in [0, 0.05) is 47.5 Å². The van der Waals surface area contributed by atoms with E-state index in [1.165, 1.54) is 5.39 Å². The molecule has 2 aromatic heterocycles. The molecular weight excluding hydrogens is 380 g/mol. The third kappa shape index (κ3) is 5.00. The Bertz CT molecular complexity index is 934. The molecule has 0 aliphatic carbocycles. The van der Waals surface area contributed by atoms with E-state index in [4.69, 9.17) is 0 Å². The molecule has 1 fully saturated rings. The number of rotatable bonds is 7. The Morgan fingerprint density at radius 3 is 2.93 bits per heavy atom. The van der Waals surface area contributed by atoms with Crippen LogP contribution in [0.25, 0.3) is 10.9 Å². The summed E-state index contributed by atoms with van der Waals surface area (Å²) in [5.74, 6) is 0.927. The number of H-pyrrole nitrogens is 1. The molecule has 6 heteroatoms. The largest absolute Gasteiger partial charge is 0.361 e. The summed E-state index contributed by atoms with van der Waals surface area (Å²) in [6.45, 7) is 4.00. The van der Waals surface area contributed by atoms with Gasteiger partial charge in [0.25, 0.3) is 0 Å². The Hall–Kier alpha value is -2.31. The molecule has 0 bridgehead atoms. The van der Waals surface area contributed by atoms with Gasteiger partial charge in [0.1, 0.15) is 0 Å². The molecule has 5 nitrogen and oxygen atoms in total. The molecule has 0 radical (unpaired) electrons. The minimum Gasteiger partial charge on any atom is -0.361 e. The predicted molar refractivity (Wildman–Crippen MR) is 119 cm³/mol. The highest BCUT2D eigenvalue weighted by Gasteiger charge is 2.27. The average Bonchev–Trinajstić information content (AvgIpc) is 3.24. The number of likely N-dealkylation sites (tertiary alicyclic amines) is 1. The van der Waals surface area contributed by atoms with Gasteiger partial charge < -0.3 is 9.88 Å². The number of carbonyl (C=O) groups excluding carboxylic acids is 1. The van der Waals surface area contributed by atoms with E-state index in [9.17, 15) is 4.79 Å². The van der Waals surface area contributed by atoms with Crippen molar-refractivity contribution in [3.8, 4) is 0 Å². The summed E-state index contributed by atoms with van der Waals surface area (Å²) in [6.07, 6.45) is 9.40. The van der Waals surface area contributed by atoms with E-state index in [1.54, 1.807) is 18.1 Å². The minimum absolute atomic E-state index is 0.217. The molecular formula is C23H28N4OS. The fourth-order valence-corrected chi connectivity index (χ4v) is 4.74. The summed E-state index contributed by atoms with van der Waals surface area (Å²) in [5.41, 5.74) is 2.28. The van der Waals surface area contributed by atoms with E-state index in [-0.39, 0.29) is 11.9 Å². The maximum absolute atomic E-state index is 13.3. The molecule has 1 aliphatic heterocycles. The second-order valence-electron chi connectivity index (χ2n) is 7.88. The van der Waals surface area contributed by atoms with Gasteiger partial charge in [-0.15, -0.1) is 0 Å². The van der Waals surface area contributed by atoms with Gasteiger partial charge >= 0.3 is 0 Å². The Balaban J connectivity index is 1.46. The topological polar surface area (TPSA) is 61.0 Å². The molecule has 2 N–H and O–H groups in total. The highest BCUT2D eigenvalue weighted by Crippen LogP contribution is 2.27.